The minimum Gasteiger partial charge on any atom is -0.460 e. The summed E-state index contributed by atoms with van der Waals surface area (Å²) in [6.07, 6.45) is 0.992. The van der Waals surface area contributed by atoms with Gasteiger partial charge in [0.25, 0.3) is 0 Å². The van der Waals surface area contributed by atoms with Crippen molar-refractivity contribution in [2.75, 3.05) is 11.9 Å². The molecule has 2 aromatic heterocycles. The highest BCUT2D eigenvalue weighted by Crippen LogP contribution is 2.30. The molecule has 0 unspecified atom stereocenters. The van der Waals surface area contributed by atoms with Crippen LogP contribution in [0.1, 0.15) is 33.6 Å². The number of fused-ring (bicyclic) bond motifs is 2. The van der Waals surface area contributed by atoms with E-state index in [-0.39, 0.29) is 5.97 Å². The Balaban J connectivity index is 1.46. The first-order chi connectivity index (χ1) is 14.8. The molecule has 0 atom stereocenters. The van der Waals surface area contributed by atoms with E-state index in [1.165, 1.54) is 11.3 Å². The summed E-state index contributed by atoms with van der Waals surface area (Å²) in [6.45, 7) is 6.18. The minimum atomic E-state index is -0.468. The lowest BCUT2D eigenvalue weighted by Gasteiger charge is -2.19. The number of hydrogen-bond acceptors (Lipinski definition) is 7. The van der Waals surface area contributed by atoms with E-state index in [1.54, 1.807) is 6.07 Å². The molecule has 2 heterocycles. The van der Waals surface area contributed by atoms with E-state index in [1.807, 2.05) is 63.2 Å². The highest BCUT2D eigenvalue weighted by Gasteiger charge is 2.16. The number of thiazole rings is 1. The summed E-state index contributed by atoms with van der Waals surface area (Å²) in [6, 6.07) is 15.3. The Morgan fingerprint density at radius 1 is 1.16 bits per heavy atom. The summed E-state index contributed by atoms with van der Waals surface area (Å²) in [5.74, 6) is -0.207. The molecule has 4 aromatic rings. The summed E-state index contributed by atoms with van der Waals surface area (Å²) in [4.78, 5) is 28.9. The number of para-hydroxylation sites is 1. The predicted octanol–water partition coefficient (Wildman–Crippen LogP) is 5.60. The third-order valence-corrected chi connectivity index (χ3v) is 5.64. The van der Waals surface area contributed by atoms with Gasteiger partial charge in [-0.1, -0.05) is 12.1 Å². The number of rotatable bonds is 6. The number of hydrogen-bond donors (Lipinski definition) is 1. The van der Waals surface area contributed by atoms with Crippen molar-refractivity contribution >= 4 is 44.2 Å². The van der Waals surface area contributed by atoms with E-state index in [2.05, 4.69) is 10.3 Å². The molecule has 1 N–H and O–H groups in total. The zero-order valence-corrected chi connectivity index (χ0v) is 18.5. The number of esters is 1. The fourth-order valence-electron chi connectivity index (χ4n) is 3.22. The number of anilines is 1. The van der Waals surface area contributed by atoms with Crippen LogP contribution in [0, 0.1) is 0 Å². The number of benzene rings is 2. The molecule has 0 saturated carbocycles. The van der Waals surface area contributed by atoms with Gasteiger partial charge in [0.1, 0.15) is 16.2 Å². The number of ether oxygens (including phenoxy) is 1. The van der Waals surface area contributed by atoms with Crippen LogP contribution in [0.25, 0.3) is 31.8 Å². The van der Waals surface area contributed by atoms with Gasteiger partial charge in [0.2, 0.25) is 0 Å². The molecule has 160 valence electrons. The van der Waals surface area contributed by atoms with Gasteiger partial charge in [-0.05, 0) is 57.5 Å². The molecule has 0 aliphatic rings. The molecule has 2 aromatic carbocycles. The maximum absolute atomic E-state index is 12.6. The number of nitrogens with zero attached hydrogens (tertiary/aromatic N) is 1. The Labute approximate surface area is 183 Å². The van der Waals surface area contributed by atoms with Crippen LogP contribution < -0.4 is 10.9 Å². The van der Waals surface area contributed by atoms with Gasteiger partial charge in [-0.3, -0.25) is 4.79 Å². The molecule has 0 aliphatic carbocycles. The topological polar surface area (TPSA) is 81.4 Å². The standard InChI is InChI=1S/C24H24N2O4S/c1-24(2,3)30-21(27)9-6-12-25-16-11-10-15-13-17(23(28)29-19(15)14-16)22-26-18-7-4-5-8-20(18)31-22/h4-5,7-8,10-11,13-14,25H,6,9,12H2,1-3H3. The Kier molecular flexibility index (Phi) is 5.78. The third-order valence-electron chi connectivity index (χ3n) is 4.57. The molecule has 7 heteroatoms. The highest BCUT2D eigenvalue weighted by atomic mass is 32.1. The summed E-state index contributed by atoms with van der Waals surface area (Å²) in [5.41, 5.74) is 1.79. The van der Waals surface area contributed by atoms with Crippen LogP contribution in [0.3, 0.4) is 0 Å². The first-order valence-electron chi connectivity index (χ1n) is 10.2. The van der Waals surface area contributed by atoms with Crippen molar-refractivity contribution in [3.05, 3.63) is 59.0 Å². The maximum Gasteiger partial charge on any atom is 0.346 e. The van der Waals surface area contributed by atoms with Crippen molar-refractivity contribution in [3.63, 3.8) is 0 Å². The lowest BCUT2D eigenvalue weighted by atomic mass is 10.1. The number of nitrogens with one attached hydrogen (secondary N) is 1. The van der Waals surface area contributed by atoms with E-state index >= 15 is 0 Å². The zero-order valence-electron chi connectivity index (χ0n) is 17.7. The van der Waals surface area contributed by atoms with Crippen LogP contribution in [-0.2, 0) is 9.53 Å². The zero-order chi connectivity index (χ0) is 22.0. The van der Waals surface area contributed by atoms with Crippen LogP contribution in [0.2, 0.25) is 0 Å². The summed E-state index contributed by atoms with van der Waals surface area (Å²) in [5, 5.41) is 4.74. The van der Waals surface area contributed by atoms with Crippen molar-refractivity contribution in [3.8, 4) is 10.6 Å². The maximum atomic E-state index is 12.6. The second kappa shape index (κ2) is 8.51. The smallest absolute Gasteiger partial charge is 0.346 e. The van der Waals surface area contributed by atoms with Crippen LogP contribution >= 0.6 is 11.3 Å². The molecule has 0 amide bonds. The Morgan fingerprint density at radius 2 is 1.97 bits per heavy atom. The molecule has 0 bridgehead atoms. The molecule has 6 nitrogen and oxygen atoms in total. The Hall–Kier alpha value is -3.19. The predicted molar refractivity (Wildman–Crippen MR) is 125 cm³/mol. The van der Waals surface area contributed by atoms with Gasteiger partial charge in [0.15, 0.2) is 0 Å². The van der Waals surface area contributed by atoms with Crippen LogP contribution in [0.15, 0.2) is 57.7 Å². The van der Waals surface area contributed by atoms with Crippen LogP contribution in [0.4, 0.5) is 5.69 Å². The average Bonchev–Trinajstić information content (AvgIpc) is 3.13. The molecule has 0 spiro atoms. The van der Waals surface area contributed by atoms with E-state index in [0.717, 1.165) is 21.3 Å². The van der Waals surface area contributed by atoms with Crippen molar-refractivity contribution in [2.24, 2.45) is 0 Å². The second-order valence-corrected chi connectivity index (χ2v) is 9.33. The van der Waals surface area contributed by atoms with Gasteiger partial charge in [-0.25, -0.2) is 9.78 Å². The highest BCUT2D eigenvalue weighted by molar-refractivity contribution is 7.21. The first-order valence-corrected chi connectivity index (χ1v) is 11.0. The van der Waals surface area contributed by atoms with Crippen molar-refractivity contribution in [1.82, 2.24) is 4.98 Å². The summed E-state index contributed by atoms with van der Waals surface area (Å²) >= 11 is 1.47. The van der Waals surface area contributed by atoms with Crippen molar-refractivity contribution in [1.29, 1.82) is 0 Å². The molecule has 31 heavy (non-hydrogen) atoms. The van der Waals surface area contributed by atoms with Gasteiger partial charge in [-0.2, -0.15) is 0 Å². The third kappa shape index (κ3) is 5.11. The lowest BCUT2D eigenvalue weighted by Crippen LogP contribution is -2.24. The Morgan fingerprint density at radius 3 is 2.74 bits per heavy atom. The molecular formula is C24H24N2O4S. The van der Waals surface area contributed by atoms with Gasteiger partial charge >= 0.3 is 11.6 Å². The molecule has 0 radical (unpaired) electrons. The van der Waals surface area contributed by atoms with E-state index in [0.29, 0.717) is 35.5 Å². The SMILES string of the molecule is CC(C)(C)OC(=O)CCCNc1ccc2cc(-c3nc4ccccc4s3)c(=O)oc2c1. The number of aromatic nitrogens is 1. The van der Waals surface area contributed by atoms with Crippen molar-refractivity contribution in [2.45, 2.75) is 39.2 Å². The van der Waals surface area contributed by atoms with Gasteiger partial charge in [0.05, 0.1) is 15.8 Å². The number of carbonyl (C=O) groups is 1. The molecule has 4 rings (SSSR count). The number of carbonyl (C=O) groups excluding carboxylic acids is 1. The van der Waals surface area contributed by atoms with Crippen LogP contribution in [0.5, 0.6) is 0 Å². The quantitative estimate of drug-likeness (QED) is 0.241. The first kappa shape index (κ1) is 21.1. The Bertz CT molecular complexity index is 1270. The summed E-state index contributed by atoms with van der Waals surface area (Å²) in [7, 11) is 0. The van der Waals surface area contributed by atoms with E-state index in [9.17, 15) is 9.59 Å². The fraction of sp³-hybridized carbons (Fsp3) is 0.292. The molecule has 0 fully saturated rings. The van der Waals surface area contributed by atoms with Crippen molar-refractivity contribution < 1.29 is 13.9 Å². The monoisotopic (exact) mass is 436 g/mol. The average molecular weight is 437 g/mol. The fourth-order valence-corrected chi connectivity index (χ4v) is 4.19. The van der Waals surface area contributed by atoms with Crippen LogP contribution in [-0.4, -0.2) is 23.1 Å². The van der Waals surface area contributed by atoms with Gasteiger partial charge in [-0.15, -0.1) is 11.3 Å². The largest absolute Gasteiger partial charge is 0.460 e. The molecule has 0 aliphatic heterocycles. The van der Waals surface area contributed by atoms with E-state index < -0.39 is 11.2 Å². The summed E-state index contributed by atoms with van der Waals surface area (Å²) < 4.78 is 11.9. The second-order valence-electron chi connectivity index (χ2n) is 8.30. The molecular weight excluding hydrogens is 412 g/mol. The van der Waals surface area contributed by atoms with Gasteiger partial charge < -0.3 is 14.5 Å². The minimum absolute atomic E-state index is 0.207. The normalized spacial score (nSPS) is 11.7. The molecule has 0 saturated heterocycles. The lowest BCUT2D eigenvalue weighted by molar-refractivity contribution is -0.154. The van der Waals surface area contributed by atoms with E-state index in [4.69, 9.17) is 9.15 Å². The van der Waals surface area contributed by atoms with Gasteiger partial charge in [0, 0.05) is 30.1 Å².